The van der Waals surface area contributed by atoms with Crippen LogP contribution in [0.4, 0.5) is 0 Å². The summed E-state index contributed by atoms with van der Waals surface area (Å²) in [7, 11) is -2.01. The van der Waals surface area contributed by atoms with Gasteiger partial charge >= 0.3 is 5.97 Å². The van der Waals surface area contributed by atoms with E-state index < -0.39 is 21.7 Å². The van der Waals surface area contributed by atoms with Crippen molar-refractivity contribution in [3.63, 3.8) is 0 Å². The number of carboxylic acids is 1. The van der Waals surface area contributed by atoms with Crippen LogP contribution in [0.3, 0.4) is 0 Å². The van der Waals surface area contributed by atoms with E-state index in [-0.39, 0.29) is 10.8 Å². The molecule has 0 aliphatic rings. The molecule has 0 spiro atoms. The predicted molar refractivity (Wildman–Crippen MR) is 62.8 cm³/mol. The summed E-state index contributed by atoms with van der Waals surface area (Å²) in [6.45, 7) is 0.928. The first-order valence-corrected chi connectivity index (χ1v) is 7.16. The molecule has 3 N–H and O–H groups in total. The molecule has 0 atom stereocenters. The van der Waals surface area contributed by atoms with Crippen molar-refractivity contribution in [1.29, 1.82) is 0 Å². The summed E-state index contributed by atoms with van der Waals surface area (Å²) >= 11 is 0.791. The van der Waals surface area contributed by atoms with Crippen molar-refractivity contribution in [2.24, 2.45) is 0 Å². The van der Waals surface area contributed by atoms with Gasteiger partial charge in [0.2, 0.25) is 0 Å². The van der Waals surface area contributed by atoms with Gasteiger partial charge in [-0.2, -0.15) is 0 Å². The number of carboxylic acid groups (broad SMARTS) is 1. The molecule has 17 heavy (non-hydrogen) atoms. The maximum Gasteiger partial charge on any atom is 0.356 e. The van der Waals surface area contributed by atoms with E-state index in [1.165, 1.54) is 5.51 Å². The van der Waals surface area contributed by atoms with Crippen LogP contribution in [0.5, 0.6) is 0 Å². The molecule has 0 unspecified atom stereocenters. The number of nitrogens with zero attached hydrogens (tertiary/aromatic N) is 1. The number of hydrogen-bond donors (Lipinski definition) is 3. The van der Waals surface area contributed by atoms with E-state index in [1.54, 1.807) is 7.05 Å². The third-order valence-corrected chi connectivity index (χ3v) is 4.71. The normalized spacial score (nSPS) is 11.6. The predicted octanol–water partition coefficient (Wildman–Crippen LogP) is -0.271. The van der Waals surface area contributed by atoms with Gasteiger partial charge in [0.1, 0.15) is 0 Å². The Kier molecular flexibility index (Phi) is 5.00. The Morgan fingerprint density at radius 3 is 2.82 bits per heavy atom. The minimum atomic E-state index is -3.78. The molecule has 1 rings (SSSR count). The van der Waals surface area contributed by atoms with Gasteiger partial charge in [-0.15, -0.1) is 11.3 Å². The third-order valence-electron chi connectivity index (χ3n) is 1.88. The number of rotatable bonds is 7. The smallest absolute Gasteiger partial charge is 0.356 e. The molecular formula is C8H13N3O4S2. The van der Waals surface area contributed by atoms with Crippen LogP contribution in [-0.4, -0.2) is 44.6 Å². The summed E-state index contributed by atoms with van der Waals surface area (Å²) < 4.78 is 25.6. The summed E-state index contributed by atoms with van der Waals surface area (Å²) in [5.41, 5.74) is 0.766. The molecule has 9 heteroatoms. The third kappa shape index (κ3) is 3.73. The summed E-state index contributed by atoms with van der Waals surface area (Å²) in [5, 5.41) is 11.6. The van der Waals surface area contributed by atoms with Crippen LogP contribution in [0.2, 0.25) is 0 Å². The van der Waals surface area contributed by atoms with Gasteiger partial charge in [0.15, 0.2) is 9.90 Å². The monoisotopic (exact) mass is 279 g/mol. The second-order valence-corrected chi connectivity index (χ2v) is 5.97. The van der Waals surface area contributed by atoms with Gasteiger partial charge in [0.25, 0.3) is 10.0 Å². The minimum absolute atomic E-state index is 0.250. The van der Waals surface area contributed by atoms with Gasteiger partial charge in [-0.25, -0.2) is 22.9 Å². The first-order valence-electron chi connectivity index (χ1n) is 4.80. The van der Waals surface area contributed by atoms with Gasteiger partial charge < -0.3 is 10.4 Å². The van der Waals surface area contributed by atoms with Crippen LogP contribution in [0.25, 0.3) is 0 Å². The number of aromatic carboxylic acids is 1. The van der Waals surface area contributed by atoms with Crippen molar-refractivity contribution in [2.75, 3.05) is 20.1 Å². The van der Waals surface area contributed by atoms with Crippen molar-refractivity contribution >= 4 is 27.3 Å². The molecule has 0 fully saturated rings. The number of aromatic nitrogens is 1. The lowest BCUT2D eigenvalue weighted by Gasteiger charge is -2.04. The minimum Gasteiger partial charge on any atom is -0.476 e. The highest BCUT2D eigenvalue weighted by atomic mass is 32.2. The lowest BCUT2D eigenvalue weighted by Crippen LogP contribution is -2.27. The molecule has 0 saturated heterocycles. The van der Waals surface area contributed by atoms with Crippen molar-refractivity contribution in [3.8, 4) is 0 Å². The van der Waals surface area contributed by atoms with Gasteiger partial charge in [-0.1, -0.05) is 0 Å². The summed E-state index contributed by atoms with van der Waals surface area (Å²) in [6.07, 6.45) is 0.622. The highest BCUT2D eigenvalue weighted by Crippen LogP contribution is 2.19. The molecule has 0 aromatic carbocycles. The number of hydrogen-bond acceptors (Lipinski definition) is 6. The molecule has 0 radical (unpaired) electrons. The highest BCUT2D eigenvalue weighted by molar-refractivity contribution is 7.91. The van der Waals surface area contributed by atoms with E-state index in [0.717, 1.165) is 11.3 Å². The van der Waals surface area contributed by atoms with Gasteiger partial charge in [0.05, 0.1) is 5.51 Å². The first kappa shape index (κ1) is 14.0. The second-order valence-electron chi connectivity index (χ2n) is 3.15. The molecule has 0 amide bonds. The van der Waals surface area contributed by atoms with E-state index in [4.69, 9.17) is 5.11 Å². The second kappa shape index (κ2) is 6.05. The topological polar surface area (TPSA) is 108 Å². The molecule has 96 valence electrons. The Morgan fingerprint density at radius 1 is 1.53 bits per heavy atom. The zero-order valence-electron chi connectivity index (χ0n) is 9.13. The molecular weight excluding hydrogens is 266 g/mol. The van der Waals surface area contributed by atoms with Crippen molar-refractivity contribution < 1.29 is 18.3 Å². The summed E-state index contributed by atoms with van der Waals surface area (Å²) in [5.74, 6) is -1.35. The van der Waals surface area contributed by atoms with Gasteiger partial charge in [-0.05, 0) is 20.0 Å². The fourth-order valence-electron chi connectivity index (χ4n) is 1.11. The van der Waals surface area contributed by atoms with Crippen LogP contribution in [0.1, 0.15) is 16.9 Å². The average molecular weight is 279 g/mol. The molecule has 7 nitrogen and oxygen atoms in total. The first-order chi connectivity index (χ1) is 7.99. The van der Waals surface area contributed by atoms with Crippen molar-refractivity contribution in [2.45, 2.75) is 10.6 Å². The number of nitrogens with one attached hydrogen (secondary N) is 2. The SMILES string of the molecule is CNCCCNS(=O)(=O)c1scnc1C(=O)O. The van der Waals surface area contributed by atoms with E-state index >= 15 is 0 Å². The maximum atomic E-state index is 11.8. The van der Waals surface area contributed by atoms with Crippen LogP contribution < -0.4 is 10.0 Å². The van der Waals surface area contributed by atoms with Crippen molar-refractivity contribution in [1.82, 2.24) is 15.0 Å². The number of sulfonamides is 1. The Labute approximate surface area is 103 Å². The highest BCUT2D eigenvalue weighted by Gasteiger charge is 2.24. The molecule has 1 heterocycles. The van der Waals surface area contributed by atoms with E-state index in [9.17, 15) is 13.2 Å². The fourth-order valence-corrected chi connectivity index (χ4v) is 3.36. The standard InChI is InChI=1S/C8H13N3O4S2/c1-9-3-2-4-11-17(14,15)8-6(7(12)13)10-5-16-8/h5,9,11H,2-4H2,1H3,(H,12,13). The van der Waals surface area contributed by atoms with Crippen LogP contribution in [0, 0.1) is 0 Å². The van der Waals surface area contributed by atoms with Gasteiger partial charge in [0, 0.05) is 6.54 Å². The van der Waals surface area contributed by atoms with Crippen molar-refractivity contribution in [3.05, 3.63) is 11.2 Å². The molecule has 0 bridgehead atoms. The molecule has 0 aliphatic carbocycles. The van der Waals surface area contributed by atoms with E-state index in [2.05, 4.69) is 15.0 Å². The van der Waals surface area contributed by atoms with Crippen LogP contribution >= 0.6 is 11.3 Å². The number of carbonyl (C=O) groups is 1. The molecule has 1 aromatic rings. The Morgan fingerprint density at radius 2 is 2.24 bits per heavy atom. The Bertz CT molecular complexity index is 483. The Hall–Kier alpha value is -1.03. The lowest BCUT2D eigenvalue weighted by molar-refractivity contribution is 0.0687. The lowest BCUT2D eigenvalue weighted by atomic mass is 10.4. The largest absolute Gasteiger partial charge is 0.476 e. The van der Waals surface area contributed by atoms with Crippen LogP contribution in [-0.2, 0) is 10.0 Å². The van der Waals surface area contributed by atoms with E-state index in [1.807, 2.05) is 0 Å². The Balaban J connectivity index is 2.76. The molecule has 0 aliphatic heterocycles. The number of thiazole rings is 1. The zero-order chi connectivity index (χ0) is 12.9. The van der Waals surface area contributed by atoms with Crippen LogP contribution in [0.15, 0.2) is 9.72 Å². The maximum absolute atomic E-state index is 11.8. The molecule has 0 saturated carbocycles. The quantitative estimate of drug-likeness (QED) is 0.593. The fraction of sp³-hybridized carbons (Fsp3) is 0.500. The average Bonchev–Trinajstić information content (AvgIpc) is 2.74. The summed E-state index contributed by atoms with van der Waals surface area (Å²) in [4.78, 5) is 14.3. The van der Waals surface area contributed by atoms with Gasteiger partial charge in [-0.3, -0.25) is 0 Å². The van der Waals surface area contributed by atoms with E-state index in [0.29, 0.717) is 13.0 Å². The summed E-state index contributed by atoms with van der Waals surface area (Å²) in [6, 6.07) is 0. The molecule has 1 aromatic heterocycles. The zero-order valence-corrected chi connectivity index (χ0v) is 10.8.